The summed E-state index contributed by atoms with van der Waals surface area (Å²) in [7, 11) is 1.60. The first-order chi connectivity index (χ1) is 13.7. The zero-order valence-electron chi connectivity index (χ0n) is 15.4. The van der Waals surface area contributed by atoms with Crippen molar-refractivity contribution in [2.75, 3.05) is 18.2 Å². The molecule has 0 aliphatic carbocycles. The van der Waals surface area contributed by atoms with Gasteiger partial charge in [0.25, 0.3) is 0 Å². The summed E-state index contributed by atoms with van der Waals surface area (Å²) < 4.78 is 5.10. The number of carbonyl (C=O) groups is 1. The summed E-state index contributed by atoms with van der Waals surface area (Å²) >= 11 is 1.41. The first kappa shape index (κ1) is 19.5. The smallest absolute Gasteiger partial charge is 0.225 e. The van der Waals surface area contributed by atoms with Crippen molar-refractivity contribution in [1.29, 1.82) is 5.26 Å². The van der Waals surface area contributed by atoms with Crippen LogP contribution in [-0.4, -0.2) is 23.8 Å². The molecule has 0 saturated heterocycles. The molecule has 5 nitrogen and oxygen atoms in total. The number of hydrogen-bond acceptors (Lipinski definition) is 5. The van der Waals surface area contributed by atoms with Gasteiger partial charge in [-0.25, -0.2) is 4.98 Å². The number of carbonyl (C=O) groups excluding carboxylic acids is 1. The van der Waals surface area contributed by atoms with Crippen molar-refractivity contribution in [2.45, 2.75) is 11.4 Å². The van der Waals surface area contributed by atoms with Crippen molar-refractivity contribution in [3.05, 3.63) is 72.3 Å². The van der Waals surface area contributed by atoms with Crippen LogP contribution in [-0.2, 0) is 4.79 Å². The van der Waals surface area contributed by atoms with E-state index >= 15 is 0 Å². The standard InChI is InChI=1S/C22H19N3O2S/c1-27-19-10-8-18(9-11-19)24-21(26)13-14-28-22-17(15-23)7-12-20(25-22)16-5-3-2-4-6-16/h2-12H,13-14H2,1H3,(H,24,26). The van der Waals surface area contributed by atoms with Crippen molar-refractivity contribution in [3.63, 3.8) is 0 Å². The third kappa shape index (κ3) is 5.12. The van der Waals surface area contributed by atoms with Gasteiger partial charge in [-0.3, -0.25) is 4.79 Å². The minimum atomic E-state index is -0.0876. The lowest BCUT2D eigenvalue weighted by Crippen LogP contribution is -2.12. The maximum atomic E-state index is 12.2. The molecular weight excluding hydrogens is 370 g/mol. The molecular formula is C22H19N3O2S. The van der Waals surface area contributed by atoms with E-state index in [2.05, 4.69) is 16.4 Å². The summed E-state index contributed by atoms with van der Waals surface area (Å²) in [6.07, 6.45) is 0.318. The third-order valence-electron chi connectivity index (χ3n) is 3.99. The summed E-state index contributed by atoms with van der Waals surface area (Å²) in [5.41, 5.74) is 3.04. The van der Waals surface area contributed by atoms with Crippen molar-refractivity contribution >= 4 is 23.4 Å². The van der Waals surface area contributed by atoms with Crippen molar-refractivity contribution in [1.82, 2.24) is 4.98 Å². The van der Waals surface area contributed by atoms with Crippen LogP contribution in [0.1, 0.15) is 12.0 Å². The Balaban J connectivity index is 1.60. The van der Waals surface area contributed by atoms with E-state index in [-0.39, 0.29) is 5.91 Å². The molecule has 28 heavy (non-hydrogen) atoms. The fraction of sp³-hybridized carbons (Fsp3) is 0.136. The van der Waals surface area contributed by atoms with Gasteiger partial charge in [0.05, 0.1) is 18.4 Å². The number of nitrogens with one attached hydrogen (secondary N) is 1. The number of rotatable bonds is 7. The van der Waals surface area contributed by atoms with Crippen LogP contribution in [0.25, 0.3) is 11.3 Å². The molecule has 1 heterocycles. The predicted molar refractivity (Wildman–Crippen MR) is 111 cm³/mol. The number of benzene rings is 2. The van der Waals surface area contributed by atoms with E-state index in [9.17, 15) is 10.1 Å². The number of amides is 1. The molecule has 0 saturated carbocycles. The Morgan fingerprint density at radius 3 is 2.54 bits per heavy atom. The maximum Gasteiger partial charge on any atom is 0.225 e. The number of nitrogens with zero attached hydrogens (tertiary/aromatic N) is 2. The van der Waals surface area contributed by atoms with E-state index in [1.165, 1.54) is 11.8 Å². The highest BCUT2D eigenvalue weighted by Gasteiger charge is 2.10. The van der Waals surface area contributed by atoms with Gasteiger partial charge in [0.15, 0.2) is 0 Å². The molecule has 0 spiro atoms. The van der Waals surface area contributed by atoms with Crippen molar-refractivity contribution < 1.29 is 9.53 Å². The Hall–Kier alpha value is -3.30. The van der Waals surface area contributed by atoms with E-state index in [1.54, 1.807) is 37.4 Å². The fourth-order valence-electron chi connectivity index (χ4n) is 2.54. The number of anilines is 1. The molecule has 2 aromatic carbocycles. The topological polar surface area (TPSA) is 75.0 Å². The molecule has 3 rings (SSSR count). The number of aromatic nitrogens is 1. The lowest BCUT2D eigenvalue weighted by molar-refractivity contribution is -0.115. The lowest BCUT2D eigenvalue weighted by atomic mass is 10.1. The summed E-state index contributed by atoms with van der Waals surface area (Å²) in [6, 6.07) is 22.8. The zero-order valence-corrected chi connectivity index (χ0v) is 16.2. The van der Waals surface area contributed by atoms with E-state index in [0.717, 1.165) is 22.7 Å². The van der Waals surface area contributed by atoms with E-state index < -0.39 is 0 Å². The second-order valence-corrected chi connectivity index (χ2v) is 6.99. The average Bonchev–Trinajstić information content (AvgIpc) is 2.75. The summed E-state index contributed by atoms with van der Waals surface area (Å²) in [4.78, 5) is 16.8. The Labute approximate surface area is 168 Å². The maximum absolute atomic E-state index is 12.2. The number of nitriles is 1. The summed E-state index contributed by atoms with van der Waals surface area (Å²) in [5, 5.41) is 12.8. The molecule has 1 amide bonds. The second-order valence-electron chi connectivity index (χ2n) is 5.90. The highest BCUT2D eigenvalue weighted by atomic mass is 32.2. The molecule has 1 aromatic heterocycles. The predicted octanol–water partition coefficient (Wildman–Crippen LogP) is 4.75. The lowest BCUT2D eigenvalue weighted by Gasteiger charge is -2.08. The molecule has 0 fully saturated rings. The highest BCUT2D eigenvalue weighted by Crippen LogP contribution is 2.26. The van der Waals surface area contributed by atoms with Crippen LogP contribution in [0, 0.1) is 11.3 Å². The molecule has 0 radical (unpaired) electrons. The minimum Gasteiger partial charge on any atom is -0.497 e. The zero-order chi connectivity index (χ0) is 19.8. The monoisotopic (exact) mass is 389 g/mol. The first-order valence-electron chi connectivity index (χ1n) is 8.73. The van der Waals surface area contributed by atoms with Gasteiger partial charge in [0.1, 0.15) is 16.8 Å². The van der Waals surface area contributed by atoms with Gasteiger partial charge in [-0.15, -0.1) is 11.8 Å². The van der Waals surface area contributed by atoms with Gasteiger partial charge in [0.2, 0.25) is 5.91 Å². The van der Waals surface area contributed by atoms with Crippen LogP contribution in [0.5, 0.6) is 5.75 Å². The molecule has 0 atom stereocenters. The van der Waals surface area contributed by atoms with Gasteiger partial charge in [-0.05, 0) is 36.4 Å². The first-order valence-corrected chi connectivity index (χ1v) is 9.71. The van der Waals surface area contributed by atoms with E-state index in [1.807, 2.05) is 36.4 Å². The largest absolute Gasteiger partial charge is 0.497 e. The number of methoxy groups -OCH3 is 1. The molecule has 0 unspecified atom stereocenters. The normalized spacial score (nSPS) is 10.1. The average molecular weight is 389 g/mol. The van der Waals surface area contributed by atoms with E-state index in [0.29, 0.717) is 22.8 Å². The minimum absolute atomic E-state index is 0.0876. The van der Waals surface area contributed by atoms with Crippen LogP contribution < -0.4 is 10.1 Å². The Bertz CT molecular complexity index is 983. The van der Waals surface area contributed by atoms with Gasteiger partial charge < -0.3 is 10.1 Å². The summed E-state index contributed by atoms with van der Waals surface area (Å²) in [5.74, 6) is 1.18. The van der Waals surface area contributed by atoms with Gasteiger partial charge in [-0.2, -0.15) is 5.26 Å². The molecule has 6 heteroatoms. The third-order valence-corrected chi connectivity index (χ3v) is 4.98. The van der Waals surface area contributed by atoms with Crippen LogP contribution in [0.4, 0.5) is 5.69 Å². The Morgan fingerprint density at radius 2 is 1.86 bits per heavy atom. The van der Waals surface area contributed by atoms with Crippen molar-refractivity contribution in [3.8, 4) is 23.1 Å². The molecule has 1 N–H and O–H groups in total. The van der Waals surface area contributed by atoms with Crippen LogP contribution >= 0.6 is 11.8 Å². The SMILES string of the molecule is COc1ccc(NC(=O)CCSc2nc(-c3ccccc3)ccc2C#N)cc1. The number of pyridine rings is 1. The number of ether oxygens (including phenoxy) is 1. The second kappa shape index (κ2) is 9.58. The highest BCUT2D eigenvalue weighted by molar-refractivity contribution is 7.99. The number of thioether (sulfide) groups is 1. The van der Waals surface area contributed by atoms with Crippen LogP contribution in [0.15, 0.2) is 71.8 Å². The van der Waals surface area contributed by atoms with Gasteiger partial charge in [-0.1, -0.05) is 30.3 Å². The summed E-state index contributed by atoms with van der Waals surface area (Å²) in [6.45, 7) is 0. The van der Waals surface area contributed by atoms with Gasteiger partial charge >= 0.3 is 0 Å². The molecule has 0 aliphatic heterocycles. The molecule has 0 bridgehead atoms. The molecule has 140 valence electrons. The Kier molecular flexibility index (Phi) is 6.66. The van der Waals surface area contributed by atoms with E-state index in [4.69, 9.17) is 4.74 Å². The Morgan fingerprint density at radius 1 is 1.11 bits per heavy atom. The van der Waals surface area contributed by atoms with Gasteiger partial charge in [0, 0.05) is 23.4 Å². The number of hydrogen-bond donors (Lipinski definition) is 1. The van der Waals surface area contributed by atoms with Crippen LogP contribution in [0.3, 0.4) is 0 Å². The van der Waals surface area contributed by atoms with Crippen LogP contribution in [0.2, 0.25) is 0 Å². The molecule has 3 aromatic rings. The van der Waals surface area contributed by atoms with Crippen molar-refractivity contribution in [2.24, 2.45) is 0 Å². The quantitative estimate of drug-likeness (QED) is 0.590. The fourth-order valence-corrected chi connectivity index (χ4v) is 3.46. The molecule has 0 aliphatic rings.